The first-order valence-electron chi connectivity index (χ1n) is 4.55. The summed E-state index contributed by atoms with van der Waals surface area (Å²) in [6.45, 7) is 0. The van der Waals surface area contributed by atoms with E-state index in [1.54, 1.807) is 0 Å². The number of carbonyl (C=O) groups excluding carboxylic acids is 1. The molecule has 4 nitrogen and oxygen atoms in total. The molecule has 5 heteroatoms. The van der Waals surface area contributed by atoms with Crippen molar-refractivity contribution in [3.05, 3.63) is 35.8 Å². The molecule has 0 radical (unpaired) electrons. The van der Waals surface area contributed by atoms with Gasteiger partial charge in [-0.25, -0.2) is 9.18 Å². The molecule has 0 amide bonds. The Morgan fingerprint density at radius 3 is 2.94 bits per heavy atom. The average Bonchev–Trinajstić information content (AvgIpc) is 2.28. The molecular weight excluding hydrogens is 211 g/mol. The van der Waals surface area contributed by atoms with E-state index in [1.807, 2.05) is 0 Å². The highest BCUT2D eigenvalue weighted by molar-refractivity contribution is 6.03. The number of nitrogen functional groups attached to an aromatic ring is 1. The normalized spacial score (nSPS) is 10.4. The number of esters is 1. The van der Waals surface area contributed by atoms with Crippen molar-refractivity contribution in [1.29, 1.82) is 0 Å². The summed E-state index contributed by atoms with van der Waals surface area (Å²) < 4.78 is 17.5. The second-order valence-corrected chi connectivity index (χ2v) is 3.24. The Balaban J connectivity index is 2.70. The zero-order valence-electron chi connectivity index (χ0n) is 8.53. The highest BCUT2D eigenvalue weighted by atomic mass is 19.1. The van der Waals surface area contributed by atoms with Crippen molar-refractivity contribution in [2.24, 2.45) is 0 Å². The number of rotatable bonds is 1. The minimum absolute atomic E-state index is 0.182. The van der Waals surface area contributed by atoms with Gasteiger partial charge in [0.05, 0.1) is 18.3 Å². The van der Waals surface area contributed by atoms with Gasteiger partial charge in [0.1, 0.15) is 11.4 Å². The monoisotopic (exact) mass is 220 g/mol. The number of anilines is 1. The van der Waals surface area contributed by atoms with Gasteiger partial charge in [0, 0.05) is 17.6 Å². The number of hydrogen-bond donors (Lipinski definition) is 1. The van der Waals surface area contributed by atoms with Gasteiger partial charge in [-0.3, -0.25) is 4.98 Å². The van der Waals surface area contributed by atoms with E-state index < -0.39 is 11.8 Å². The minimum Gasteiger partial charge on any atom is -0.465 e. The zero-order chi connectivity index (χ0) is 11.7. The van der Waals surface area contributed by atoms with Gasteiger partial charge in [-0.2, -0.15) is 0 Å². The maximum atomic E-state index is 12.9. The van der Waals surface area contributed by atoms with Crippen LogP contribution < -0.4 is 5.73 Å². The molecule has 0 aliphatic rings. The number of aromatic nitrogens is 1. The summed E-state index contributed by atoms with van der Waals surface area (Å²) in [5.41, 5.74) is 6.62. The van der Waals surface area contributed by atoms with Crippen LogP contribution in [0.2, 0.25) is 0 Å². The molecule has 1 aromatic carbocycles. The lowest BCUT2D eigenvalue weighted by Crippen LogP contribution is -2.06. The topological polar surface area (TPSA) is 65.2 Å². The van der Waals surface area contributed by atoms with Gasteiger partial charge >= 0.3 is 5.97 Å². The van der Waals surface area contributed by atoms with E-state index >= 15 is 0 Å². The summed E-state index contributed by atoms with van der Waals surface area (Å²) in [6, 6.07) is 4.01. The number of halogens is 1. The summed E-state index contributed by atoms with van der Waals surface area (Å²) in [5.74, 6) is -0.957. The van der Waals surface area contributed by atoms with Gasteiger partial charge in [-0.1, -0.05) is 0 Å². The highest BCUT2D eigenvalue weighted by Gasteiger charge is 2.13. The molecule has 1 aromatic heterocycles. The predicted molar refractivity (Wildman–Crippen MR) is 57.5 cm³/mol. The molecule has 0 aliphatic heterocycles. The fraction of sp³-hybridized carbons (Fsp3) is 0.0909. The van der Waals surface area contributed by atoms with E-state index in [1.165, 1.54) is 31.5 Å². The number of hydrogen-bond acceptors (Lipinski definition) is 4. The lowest BCUT2D eigenvalue weighted by molar-refractivity contribution is 0.0601. The third-order valence-electron chi connectivity index (χ3n) is 2.28. The van der Waals surface area contributed by atoms with Crippen molar-refractivity contribution in [2.75, 3.05) is 12.8 Å². The molecule has 2 aromatic rings. The summed E-state index contributed by atoms with van der Waals surface area (Å²) in [7, 11) is 1.26. The van der Waals surface area contributed by atoms with Crippen molar-refractivity contribution in [1.82, 2.24) is 4.98 Å². The molecule has 0 fully saturated rings. The van der Waals surface area contributed by atoms with E-state index in [0.717, 1.165) is 0 Å². The SMILES string of the molecule is COC(=O)c1cnc2cc(F)ccc2c1N. The standard InChI is InChI=1S/C11H9FN2O2/c1-16-11(15)8-5-14-9-4-6(12)2-3-7(9)10(8)13/h2-5H,1H3,(H2,13,14). The Morgan fingerprint density at radius 1 is 1.50 bits per heavy atom. The Morgan fingerprint density at radius 2 is 2.25 bits per heavy atom. The minimum atomic E-state index is -0.559. The number of nitrogens with zero attached hydrogens (tertiary/aromatic N) is 1. The molecule has 2 rings (SSSR count). The van der Waals surface area contributed by atoms with E-state index in [0.29, 0.717) is 10.9 Å². The third kappa shape index (κ3) is 1.56. The van der Waals surface area contributed by atoms with Crippen LogP contribution in [-0.4, -0.2) is 18.1 Å². The molecule has 2 N–H and O–H groups in total. The second-order valence-electron chi connectivity index (χ2n) is 3.24. The van der Waals surface area contributed by atoms with Crippen LogP contribution in [0.1, 0.15) is 10.4 Å². The first-order chi connectivity index (χ1) is 7.63. The number of benzene rings is 1. The summed E-state index contributed by atoms with van der Waals surface area (Å²) >= 11 is 0. The molecule has 0 unspecified atom stereocenters. The van der Waals surface area contributed by atoms with Gasteiger partial charge in [0.15, 0.2) is 0 Å². The van der Waals surface area contributed by atoms with Crippen LogP contribution >= 0.6 is 0 Å². The molecule has 0 spiro atoms. The van der Waals surface area contributed by atoms with Crippen LogP contribution in [0.15, 0.2) is 24.4 Å². The van der Waals surface area contributed by atoms with Crippen LogP contribution in [0.4, 0.5) is 10.1 Å². The number of carbonyl (C=O) groups is 1. The van der Waals surface area contributed by atoms with Crippen LogP contribution in [-0.2, 0) is 4.74 Å². The maximum Gasteiger partial charge on any atom is 0.341 e. The first-order valence-corrected chi connectivity index (χ1v) is 4.55. The molecular formula is C11H9FN2O2. The Labute approximate surface area is 90.8 Å². The van der Waals surface area contributed by atoms with Gasteiger partial charge in [-0.05, 0) is 12.1 Å². The largest absolute Gasteiger partial charge is 0.465 e. The summed E-state index contributed by atoms with van der Waals surface area (Å²) in [5, 5.41) is 0.532. The molecule has 0 bridgehead atoms. The molecule has 82 valence electrons. The number of fused-ring (bicyclic) bond motifs is 1. The molecule has 16 heavy (non-hydrogen) atoms. The Hall–Kier alpha value is -2.17. The van der Waals surface area contributed by atoms with Gasteiger partial charge in [0.25, 0.3) is 0 Å². The fourth-order valence-electron chi connectivity index (χ4n) is 1.46. The van der Waals surface area contributed by atoms with E-state index in [9.17, 15) is 9.18 Å². The number of methoxy groups -OCH3 is 1. The number of nitrogens with two attached hydrogens (primary N) is 1. The molecule has 0 aliphatic carbocycles. The third-order valence-corrected chi connectivity index (χ3v) is 2.28. The van der Waals surface area contributed by atoms with E-state index in [-0.39, 0.29) is 11.3 Å². The average molecular weight is 220 g/mol. The zero-order valence-corrected chi connectivity index (χ0v) is 8.53. The molecule has 0 saturated heterocycles. The van der Waals surface area contributed by atoms with Crippen molar-refractivity contribution in [2.45, 2.75) is 0 Å². The van der Waals surface area contributed by atoms with Crippen LogP contribution in [0, 0.1) is 5.82 Å². The van der Waals surface area contributed by atoms with Crippen molar-refractivity contribution >= 4 is 22.6 Å². The molecule has 1 heterocycles. The van der Waals surface area contributed by atoms with Gasteiger partial charge in [0.2, 0.25) is 0 Å². The summed E-state index contributed by atoms with van der Waals surface area (Å²) in [4.78, 5) is 15.3. The highest BCUT2D eigenvalue weighted by Crippen LogP contribution is 2.23. The lowest BCUT2D eigenvalue weighted by atomic mass is 10.1. The van der Waals surface area contributed by atoms with Crippen LogP contribution in [0.5, 0.6) is 0 Å². The number of pyridine rings is 1. The quantitative estimate of drug-likeness (QED) is 0.743. The van der Waals surface area contributed by atoms with Gasteiger partial charge < -0.3 is 10.5 Å². The van der Waals surface area contributed by atoms with Crippen molar-refractivity contribution < 1.29 is 13.9 Å². The molecule has 0 atom stereocenters. The smallest absolute Gasteiger partial charge is 0.341 e. The van der Waals surface area contributed by atoms with Crippen molar-refractivity contribution in [3.8, 4) is 0 Å². The van der Waals surface area contributed by atoms with Crippen LogP contribution in [0.25, 0.3) is 10.9 Å². The lowest BCUT2D eigenvalue weighted by Gasteiger charge is -2.06. The summed E-state index contributed by atoms with van der Waals surface area (Å²) in [6.07, 6.45) is 1.28. The Kier molecular flexibility index (Phi) is 2.44. The predicted octanol–water partition coefficient (Wildman–Crippen LogP) is 1.74. The van der Waals surface area contributed by atoms with Gasteiger partial charge in [-0.15, -0.1) is 0 Å². The van der Waals surface area contributed by atoms with Crippen molar-refractivity contribution in [3.63, 3.8) is 0 Å². The molecule has 0 saturated carbocycles. The maximum absolute atomic E-state index is 12.9. The second kappa shape index (κ2) is 3.77. The Bertz CT molecular complexity index is 569. The van der Waals surface area contributed by atoms with E-state index in [4.69, 9.17) is 5.73 Å². The van der Waals surface area contributed by atoms with Crippen LogP contribution in [0.3, 0.4) is 0 Å². The fourth-order valence-corrected chi connectivity index (χ4v) is 1.46. The number of ether oxygens (including phenoxy) is 1. The van der Waals surface area contributed by atoms with E-state index in [2.05, 4.69) is 9.72 Å². The first kappa shape index (κ1) is 10.4.